The molecule has 100 valence electrons. The van der Waals surface area contributed by atoms with Gasteiger partial charge in [-0.2, -0.15) is 0 Å². The highest BCUT2D eigenvalue weighted by Gasteiger charge is 2.22. The Balaban J connectivity index is 3.12. The number of pyridine rings is 1. The summed E-state index contributed by atoms with van der Waals surface area (Å²) in [6.45, 7) is 11.8. The third kappa shape index (κ3) is 3.72. The SMILES string of the molecule is C=CCN(c1cc(CNC)c(Cl)cn1)C(C)(C)C. The Hall–Kier alpha value is -1.06. The van der Waals surface area contributed by atoms with Gasteiger partial charge in [-0.1, -0.05) is 17.7 Å². The van der Waals surface area contributed by atoms with Gasteiger partial charge in [-0.3, -0.25) is 0 Å². The van der Waals surface area contributed by atoms with E-state index in [1.165, 1.54) is 0 Å². The number of hydrogen-bond acceptors (Lipinski definition) is 3. The Labute approximate surface area is 115 Å². The molecule has 0 saturated carbocycles. The Kier molecular flexibility index (Phi) is 5.17. The van der Waals surface area contributed by atoms with Crippen LogP contribution in [0.25, 0.3) is 0 Å². The van der Waals surface area contributed by atoms with Crippen molar-refractivity contribution in [2.75, 3.05) is 18.5 Å². The van der Waals surface area contributed by atoms with E-state index in [0.29, 0.717) is 5.02 Å². The fourth-order valence-electron chi connectivity index (χ4n) is 1.78. The van der Waals surface area contributed by atoms with Crippen molar-refractivity contribution in [1.29, 1.82) is 0 Å². The number of halogens is 1. The molecule has 1 rings (SSSR count). The first-order chi connectivity index (χ1) is 8.40. The van der Waals surface area contributed by atoms with Crippen LogP contribution in [0, 0.1) is 0 Å². The second-order valence-corrected chi connectivity index (χ2v) is 5.64. The van der Waals surface area contributed by atoms with Crippen molar-refractivity contribution in [1.82, 2.24) is 10.3 Å². The fraction of sp³-hybridized carbons (Fsp3) is 0.500. The van der Waals surface area contributed by atoms with E-state index in [9.17, 15) is 0 Å². The molecule has 1 aromatic rings. The molecular weight excluding hydrogens is 246 g/mol. The van der Waals surface area contributed by atoms with Crippen LogP contribution in [-0.4, -0.2) is 24.1 Å². The van der Waals surface area contributed by atoms with E-state index in [4.69, 9.17) is 11.6 Å². The van der Waals surface area contributed by atoms with Crippen molar-refractivity contribution in [3.8, 4) is 0 Å². The van der Waals surface area contributed by atoms with Gasteiger partial charge in [0.25, 0.3) is 0 Å². The lowest BCUT2D eigenvalue weighted by molar-refractivity contribution is 0.517. The highest BCUT2D eigenvalue weighted by Crippen LogP contribution is 2.25. The Morgan fingerprint density at radius 1 is 1.50 bits per heavy atom. The molecule has 0 atom stereocenters. The molecule has 0 aliphatic rings. The summed E-state index contributed by atoms with van der Waals surface area (Å²) < 4.78 is 0. The molecule has 1 heterocycles. The summed E-state index contributed by atoms with van der Waals surface area (Å²) in [7, 11) is 1.90. The zero-order chi connectivity index (χ0) is 13.8. The van der Waals surface area contributed by atoms with Gasteiger partial charge >= 0.3 is 0 Å². The molecule has 0 aromatic carbocycles. The molecule has 0 spiro atoms. The molecule has 0 saturated heterocycles. The molecule has 1 aromatic heterocycles. The summed E-state index contributed by atoms with van der Waals surface area (Å²) in [4.78, 5) is 6.63. The fourth-order valence-corrected chi connectivity index (χ4v) is 1.95. The molecule has 18 heavy (non-hydrogen) atoms. The van der Waals surface area contributed by atoms with Gasteiger partial charge in [-0.15, -0.1) is 6.58 Å². The van der Waals surface area contributed by atoms with Crippen LogP contribution in [0.2, 0.25) is 5.02 Å². The van der Waals surface area contributed by atoms with Crippen LogP contribution in [0.15, 0.2) is 24.9 Å². The van der Waals surface area contributed by atoms with Crippen molar-refractivity contribution < 1.29 is 0 Å². The minimum Gasteiger partial charge on any atom is -0.348 e. The summed E-state index contributed by atoms with van der Waals surface area (Å²) in [5.74, 6) is 0.928. The molecule has 0 fully saturated rings. The molecule has 0 radical (unpaired) electrons. The topological polar surface area (TPSA) is 28.2 Å². The smallest absolute Gasteiger partial charge is 0.129 e. The van der Waals surface area contributed by atoms with E-state index in [1.807, 2.05) is 19.2 Å². The summed E-state index contributed by atoms with van der Waals surface area (Å²) >= 11 is 6.13. The third-order valence-corrected chi connectivity index (χ3v) is 3.03. The minimum absolute atomic E-state index is 0.00800. The van der Waals surface area contributed by atoms with Crippen molar-refractivity contribution in [2.45, 2.75) is 32.9 Å². The summed E-state index contributed by atoms with van der Waals surface area (Å²) in [6, 6.07) is 2.04. The molecule has 0 bridgehead atoms. The molecule has 3 nitrogen and oxygen atoms in total. The maximum absolute atomic E-state index is 6.13. The monoisotopic (exact) mass is 267 g/mol. The lowest BCUT2D eigenvalue weighted by Crippen LogP contribution is -2.42. The lowest BCUT2D eigenvalue weighted by atomic mass is 10.1. The highest BCUT2D eigenvalue weighted by molar-refractivity contribution is 6.31. The van der Waals surface area contributed by atoms with E-state index in [0.717, 1.165) is 24.5 Å². The number of nitrogens with one attached hydrogen (secondary N) is 1. The Morgan fingerprint density at radius 2 is 2.17 bits per heavy atom. The van der Waals surface area contributed by atoms with Crippen LogP contribution in [0.1, 0.15) is 26.3 Å². The van der Waals surface area contributed by atoms with Gasteiger partial charge in [-0.25, -0.2) is 4.98 Å². The average molecular weight is 268 g/mol. The summed E-state index contributed by atoms with van der Waals surface area (Å²) in [5.41, 5.74) is 1.05. The van der Waals surface area contributed by atoms with Crippen LogP contribution in [0.3, 0.4) is 0 Å². The van der Waals surface area contributed by atoms with Gasteiger partial charge in [0.05, 0.1) is 5.02 Å². The van der Waals surface area contributed by atoms with Gasteiger partial charge in [0, 0.05) is 24.8 Å². The van der Waals surface area contributed by atoms with E-state index in [2.05, 4.69) is 42.6 Å². The number of hydrogen-bond donors (Lipinski definition) is 1. The van der Waals surface area contributed by atoms with Crippen LogP contribution < -0.4 is 10.2 Å². The van der Waals surface area contributed by atoms with Gasteiger partial charge in [-0.05, 0) is 39.4 Å². The van der Waals surface area contributed by atoms with E-state index in [1.54, 1.807) is 6.20 Å². The molecule has 0 amide bonds. The predicted molar refractivity (Wildman–Crippen MR) is 79.3 cm³/mol. The summed E-state index contributed by atoms with van der Waals surface area (Å²) in [6.07, 6.45) is 3.60. The predicted octanol–water partition coefficient (Wildman–Crippen LogP) is 3.25. The molecule has 1 N–H and O–H groups in total. The third-order valence-electron chi connectivity index (χ3n) is 2.69. The molecule has 0 unspecified atom stereocenters. The molecule has 0 aliphatic carbocycles. The zero-order valence-electron chi connectivity index (χ0n) is 11.6. The standard InChI is InChI=1S/C14H22ClN3/c1-6-7-18(14(2,3)4)13-8-11(9-16-5)12(15)10-17-13/h6,8,10,16H,1,7,9H2,2-5H3. The van der Waals surface area contributed by atoms with Gasteiger partial charge in [0.15, 0.2) is 0 Å². The van der Waals surface area contributed by atoms with Gasteiger partial charge < -0.3 is 10.2 Å². The van der Waals surface area contributed by atoms with E-state index in [-0.39, 0.29) is 5.54 Å². The normalized spacial score (nSPS) is 11.4. The van der Waals surface area contributed by atoms with Crippen LogP contribution in [-0.2, 0) is 6.54 Å². The average Bonchev–Trinajstić information content (AvgIpc) is 2.28. The second kappa shape index (κ2) is 6.21. The highest BCUT2D eigenvalue weighted by atomic mass is 35.5. The maximum Gasteiger partial charge on any atom is 0.129 e. The van der Waals surface area contributed by atoms with Crippen LogP contribution in [0.4, 0.5) is 5.82 Å². The van der Waals surface area contributed by atoms with Crippen molar-refractivity contribution >= 4 is 17.4 Å². The first kappa shape index (κ1) is 15.0. The minimum atomic E-state index is -0.00800. The van der Waals surface area contributed by atoms with E-state index >= 15 is 0 Å². The molecular formula is C14H22ClN3. The van der Waals surface area contributed by atoms with Crippen molar-refractivity contribution in [3.05, 3.63) is 35.5 Å². The van der Waals surface area contributed by atoms with Crippen molar-refractivity contribution in [2.24, 2.45) is 0 Å². The van der Waals surface area contributed by atoms with Crippen molar-refractivity contribution in [3.63, 3.8) is 0 Å². The lowest BCUT2D eigenvalue weighted by Gasteiger charge is -2.36. The Morgan fingerprint density at radius 3 is 2.67 bits per heavy atom. The first-order valence-electron chi connectivity index (χ1n) is 6.07. The first-order valence-corrected chi connectivity index (χ1v) is 6.45. The molecule has 0 aliphatic heterocycles. The number of anilines is 1. The van der Waals surface area contributed by atoms with Crippen LogP contribution in [0.5, 0.6) is 0 Å². The van der Waals surface area contributed by atoms with Gasteiger partial charge in [0.2, 0.25) is 0 Å². The summed E-state index contributed by atoms with van der Waals surface area (Å²) in [5, 5.41) is 3.81. The van der Waals surface area contributed by atoms with Gasteiger partial charge in [0.1, 0.15) is 5.82 Å². The van der Waals surface area contributed by atoms with Crippen LogP contribution >= 0.6 is 11.6 Å². The largest absolute Gasteiger partial charge is 0.348 e. The Bertz CT molecular complexity index is 410. The second-order valence-electron chi connectivity index (χ2n) is 5.23. The number of nitrogens with zero attached hydrogens (tertiary/aromatic N) is 2. The number of aromatic nitrogens is 1. The maximum atomic E-state index is 6.13. The molecule has 4 heteroatoms. The quantitative estimate of drug-likeness (QED) is 0.830. The van der Waals surface area contributed by atoms with E-state index < -0.39 is 0 Å². The zero-order valence-corrected chi connectivity index (χ0v) is 12.4. The number of rotatable bonds is 5.